The summed E-state index contributed by atoms with van der Waals surface area (Å²) < 4.78 is 34.6. The second-order valence-electron chi connectivity index (χ2n) is 17.8. The van der Waals surface area contributed by atoms with E-state index in [1.54, 1.807) is 0 Å². The Bertz CT molecular complexity index is 1160. The number of quaternary nitrogens is 1. The molecular weight excluding hydrogens is 782 g/mol. The molecule has 0 heterocycles. The van der Waals surface area contributed by atoms with Crippen LogP contribution in [0.2, 0.25) is 0 Å². The van der Waals surface area contributed by atoms with Crippen LogP contribution in [0.1, 0.15) is 206 Å². The molecule has 0 N–H and O–H groups in total. The van der Waals surface area contributed by atoms with Gasteiger partial charge in [-0.15, -0.1) is 0 Å². The number of nitrogens with zero attached hydrogens (tertiary/aromatic N) is 1. The van der Waals surface area contributed by atoms with E-state index < -0.39 is 13.9 Å². The molecule has 0 bridgehead atoms. The van der Waals surface area contributed by atoms with Gasteiger partial charge in [0.15, 0.2) is 0 Å². The number of carbonyl (C=O) groups is 1. The summed E-state index contributed by atoms with van der Waals surface area (Å²) in [7, 11) is 1.34. The summed E-state index contributed by atoms with van der Waals surface area (Å²) in [6, 6.07) is 0. The number of rotatable bonds is 46. The highest BCUT2D eigenvalue weighted by molar-refractivity contribution is 7.45. The van der Waals surface area contributed by atoms with E-state index in [4.69, 9.17) is 18.5 Å². The lowest BCUT2D eigenvalue weighted by molar-refractivity contribution is -0.870. The van der Waals surface area contributed by atoms with Crippen LogP contribution in [0, 0.1) is 0 Å². The van der Waals surface area contributed by atoms with Gasteiger partial charge in [0, 0.05) is 13.0 Å². The average Bonchev–Trinajstić information content (AvgIpc) is 3.22. The summed E-state index contributed by atoms with van der Waals surface area (Å²) in [4.78, 5) is 25.1. The van der Waals surface area contributed by atoms with Gasteiger partial charge < -0.3 is 27.9 Å². The fourth-order valence-corrected chi connectivity index (χ4v) is 7.44. The van der Waals surface area contributed by atoms with E-state index in [9.17, 15) is 14.3 Å². The fourth-order valence-electron chi connectivity index (χ4n) is 6.71. The van der Waals surface area contributed by atoms with E-state index in [-0.39, 0.29) is 25.8 Å². The van der Waals surface area contributed by atoms with Gasteiger partial charge in [0.25, 0.3) is 7.82 Å². The van der Waals surface area contributed by atoms with E-state index in [2.05, 4.69) is 74.6 Å². The molecule has 2 atom stereocenters. The Kier molecular flexibility index (Phi) is 43.5. The first-order valence-corrected chi connectivity index (χ1v) is 26.5. The molecule has 0 rings (SSSR count). The zero-order valence-electron chi connectivity index (χ0n) is 40.4. The molecule has 0 aliphatic heterocycles. The maximum Gasteiger partial charge on any atom is 0.306 e. The number of ether oxygens (including phenoxy) is 2. The zero-order chi connectivity index (χ0) is 44.8. The number of esters is 1. The smallest absolute Gasteiger partial charge is 0.306 e. The van der Waals surface area contributed by atoms with Crippen molar-refractivity contribution in [3.8, 4) is 0 Å². The van der Waals surface area contributed by atoms with Crippen LogP contribution in [0.3, 0.4) is 0 Å². The van der Waals surface area contributed by atoms with Gasteiger partial charge in [0.05, 0.1) is 34.4 Å². The van der Waals surface area contributed by atoms with Crippen molar-refractivity contribution in [3.63, 3.8) is 0 Å². The maximum absolute atomic E-state index is 12.7. The molecule has 0 saturated heterocycles. The Morgan fingerprint density at radius 1 is 0.525 bits per heavy atom. The van der Waals surface area contributed by atoms with Crippen LogP contribution in [0.5, 0.6) is 0 Å². The summed E-state index contributed by atoms with van der Waals surface area (Å²) in [6.07, 6.45) is 56.8. The van der Waals surface area contributed by atoms with E-state index in [1.165, 1.54) is 109 Å². The van der Waals surface area contributed by atoms with E-state index in [0.29, 0.717) is 24.1 Å². The summed E-state index contributed by atoms with van der Waals surface area (Å²) >= 11 is 0. The molecular formula is C52H96NO7P. The second-order valence-corrected chi connectivity index (χ2v) is 19.2. The van der Waals surface area contributed by atoms with Crippen LogP contribution in [-0.4, -0.2) is 70.7 Å². The monoisotopic (exact) mass is 878 g/mol. The molecule has 0 amide bonds. The van der Waals surface area contributed by atoms with Crippen molar-refractivity contribution in [1.82, 2.24) is 0 Å². The lowest BCUT2D eigenvalue weighted by atomic mass is 10.0. The first-order chi connectivity index (χ1) is 29.6. The third kappa shape index (κ3) is 49.1. The number of carbonyl (C=O) groups excluding carboxylic acids is 1. The normalized spacial score (nSPS) is 14.1. The molecule has 0 aliphatic carbocycles. The molecule has 0 fully saturated rings. The Balaban J connectivity index is 4.11. The van der Waals surface area contributed by atoms with Crippen LogP contribution < -0.4 is 4.89 Å². The van der Waals surface area contributed by atoms with E-state index >= 15 is 0 Å². The van der Waals surface area contributed by atoms with E-state index in [0.717, 1.165) is 77.0 Å². The molecule has 2 unspecified atom stereocenters. The van der Waals surface area contributed by atoms with Crippen LogP contribution in [-0.2, 0) is 27.9 Å². The van der Waals surface area contributed by atoms with Crippen molar-refractivity contribution in [1.29, 1.82) is 0 Å². The minimum atomic E-state index is -4.54. The highest BCUT2D eigenvalue weighted by Crippen LogP contribution is 2.38. The van der Waals surface area contributed by atoms with Gasteiger partial charge in [-0.1, -0.05) is 184 Å². The molecule has 0 aromatic heterocycles. The van der Waals surface area contributed by atoms with Gasteiger partial charge in [-0.2, -0.15) is 0 Å². The third-order valence-electron chi connectivity index (χ3n) is 10.6. The molecule has 0 saturated carbocycles. The minimum absolute atomic E-state index is 0.0194. The molecule has 0 aromatic carbocycles. The SMILES string of the molecule is CC/C=C\C/C=C\C/C=C\CCCCCCOCC(COP(=O)([O-])OCC[N+](C)(C)C)OC(=O)CCCCCCCCCCCCCCC/C=C\C/C=C\CCCCCCC. The lowest BCUT2D eigenvalue weighted by Gasteiger charge is -2.28. The Labute approximate surface area is 377 Å². The predicted octanol–water partition coefficient (Wildman–Crippen LogP) is 14.6. The minimum Gasteiger partial charge on any atom is -0.756 e. The van der Waals surface area contributed by atoms with Crippen LogP contribution in [0.15, 0.2) is 60.8 Å². The third-order valence-corrected chi connectivity index (χ3v) is 11.5. The lowest BCUT2D eigenvalue weighted by Crippen LogP contribution is -2.37. The fraction of sp³-hybridized carbons (Fsp3) is 0.788. The molecule has 8 nitrogen and oxygen atoms in total. The summed E-state index contributed by atoms with van der Waals surface area (Å²) in [6.45, 7) is 5.24. The first kappa shape index (κ1) is 59.2. The number of phosphoric acid groups is 1. The number of hydrogen-bond donors (Lipinski definition) is 0. The average molecular weight is 878 g/mol. The van der Waals surface area contributed by atoms with Crippen molar-refractivity contribution in [3.05, 3.63) is 60.8 Å². The summed E-state index contributed by atoms with van der Waals surface area (Å²) in [5, 5.41) is 0. The van der Waals surface area contributed by atoms with Crippen LogP contribution in [0.4, 0.5) is 0 Å². The van der Waals surface area contributed by atoms with Crippen molar-refractivity contribution in [2.45, 2.75) is 213 Å². The first-order valence-electron chi connectivity index (χ1n) is 25.0. The van der Waals surface area contributed by atoms with Crippen molar-refractivity contribution in [2.75, 3.05) is 54.1 Å². The molecule has 0 aromatic rings. The number of allylic oxidation sites excluding steroid dienone is 10. The predicted molar refractivity (Wildman–Crippen MR) is 259 cm³/mol. The molecule has 9 heteroatoms. The van der Waals surface area contributed by atoms with Crippen molar-refractivity contribution in [2.24, 2.45) is 0 Å². The van der Waals surface area contributed by atoms with Gasteiger partial charge in [-0.3, -0.25) is 9.36 Å². The molecule has 61 heavy (non-hydrogen) atoms. The zero-order valence-corrected chi connectivity index (χ0v) is 41.2. The molecule has 0 spiro atoms. The number of phosphoric ester groups is 1. The van der Waals surface area contributed by atoms with E-state index in [1.807, 2.05) is 21.1 Å². The molecule has 0 radical (unpaired) electrons. The van der Waals surface area contributed by atoms with Gasteiger partial charge >= 0.3 is 5.97 Å². The van der Waals surface area contributed by atoms with Gasteiger partial charge in [0.1, 0.15) is 19.3 Å². The second kappa shape index (κ2) is 44.8. The van der Waals surface area contributed by atoms with Gasteiger partial charge in [-0.25, -0.2) is 0 Å². The largest absolute Gasteiger partial charge is 0.756 e. The van der Waals surface area contributed by atoms with Gasteiger partial charge in [0.2, 0.25) is 0 Å². The maximum atomic E-state index is 12.7. The van der Waals surface area contributed by atoms with Crippen LogP contribution in [0.25, 0.3) is 0 Å². The van der Waals surface area contributed by atoms with Crippen molar-refractivity contribution >= 4 is 13.8 Å². The summed E-state index contributed by atoms with van der Waals surface area (Å²) in [5.74, 6) is -0.344. The number of likely N-dealkylation sites (N-methyl/N-ethyl adjacent to an activating group) is 1. The van der Waals surface area contributed by atoms with Crippen molar-refractivity contribution < 1.29 is 37.3 Å². The topological polar surface area (TPSA) is 94.1 Å². The van der Waals surface area contributed by atoms with Gasteiger partial charge in [-0.05, 0) is 77.0 Å². The quantitative estimate of drug-likeness (QED) is 0.0198. The Hall–Kier alpha value is -1.80. The molecule has 0 aliphatic rings. The highest BCUT2D eigenvalue weighted by Gasteiger charge is 2.20. The highest BCUT2D eigenvalue weighted by atomic mass is 31.2. The Morgan fingerprint density at radius 2 is 0.951 bits per heavy atom. The summed E-state index contributed by atoms with van der Waals surface area (Å²) in [5.41, 5.74) is 0. The number of hydrogen-bond acceptors (Lipinski definition) is 7. The number of unbranched alkanes of at least 4 members (excludes halogenated alkanes) is 22. The standard InChI is InChI=1S/C52H96NO7P/c1-6-8-10-12-14-16-18-20-22-23-24-25-26-27-28-29-30-31-32-33-35-37-39-41-43-45-52(54)60-51(50-59-61(55,56)58-48-46-53(3,4)5)49-57-47-44-42-40-38-36-34-21-19-17-15-13-11-9-7-2/h9,11,15,17-18,20-21,23-24,34,51H,6-8,10,12-14,16,19,22,25-33,35-50H2,1-5H3/b11-9-,17-15-,20-18-,24-23-,34-21-. The molecule has 356 valence electrons. The Morgan fingerprint density at radius 3 is 1.43 bits per heavy atom. The van der Waals surface area contributed by atoms with Crippen LogP contribution >= 0.6 is 7.82 Å².